The molecule has 6 heteroatoms. The highest BCUT2D eigenvalue weighted by Gasteiger charge is 2.22. The lowest BCUT2D eigenvalue weighted by molar-refractivity contribution is -0.664. The second-order valence-corrected chi connectivity index (χ2v) is 2.17. The fourth-order valence-corrected chi connectivity index (χ4v) is 0.849. The molecule has 1 rings (SSSR count). The van der Waals surface area contributed by atoms with E-state index in [-0.39, 0.29) is 9.75 Å². The van der Waals surface area contributed by atoms with Crippen molar-refractivity contribution in [1.82, 2.24) is 0 Å². The molecule has 1 aromatic heterocycles. The van der Waals surface area contributed by atoms with Gasteiger partial charge in [-0.25, -0.2) is 0 Å². The van der Waals surface area contributed by atoms with Gasteiger partial charge in [-0.1, -0.05) is 11.6 Å². The first-order valence-electron chi connectivity index (χ1n) is 2.65. The summed E-state index contributed by atoms with van der Waals surface area (Å²) in [5, 5.41) is 20.7. The third-order valence-corrected chi connectivity index (χ3v) is 1.35. The first kappa shape index (κ1) is 7.74. The maximum Gasteiger partial charge on any atom is 0.531 e. The predicted molar refractivity (Wildman–Crippen MR) is 37.1 cm³/mol. The van der Waals surface area contributed by atoms with Crippen LogP contribution < -0.4 is 4.73 Å². The average molecular weight is 175 g/mol. The molecule has 0 atom stereocenters. The minimum absolute atomic E-state index is 0.113. The van der Waals surface area contributed by atoms with Crippen LogP contribution in [0.4, 0.5) is 5.82 Å². The van der Waals surface area contributed by atoms with Gasteiger partial charge in [0.2, 0.25) is 0 Å². The molecule has 11 heavy (non-hydrogen) atoms. The maximum atomic E-state index is 10.7. The Labute approximate surface area is 66.6 Å². The highest BCUT2D eigenvalue weighted by molar-refractivity contribution is 6.32. The summed E-state index contributed by atoms with van der Waals surface area (Å²) in [5.74, 6) is -0.644. The number of rotatable bonds is 1. The van der Waals surface area contributed by atoms with Crippen molar-refractivity contribution in [3.8, 4) is 0 Å². The fourth-order valence-electron chi connectivity index (χ4n) is 0.624. The Morgan fingerprint density at radius 1 is 1.64 bits per heavy atom. The zero-order valence-electron chi connectivity index (χ0n) is 5.23. The van der Waals surface area contributed by atoms with Crippen molar-refractivity contribution in [2.45, 2.75) is 0 Å². The van der Waals surface area contributed by atoms with E-state index in [0.717, 1.165) is 6.20 Å². The lowest BCUT2D eigenvalue weighted by Crippen LogP contribution is -2.29. The molecule has 0 saturated heterocycles. The van der Waals surface area contributed by atoms with Crippen LogP contribution in [0.15, 0.2) is 18.3 Å². The summed E-state index contributed by atoms with van der Waals surface area (Å²) in [6.07, 6.45) is 1.02. The minimum Gasteiger partial charge on any atom is -0.614 e. The Balaban J connectivity index is 3.32. The Kier molecular flexibility index (Phi) is 1.91. The zero-order valence-corrected chi connectivity index (χ0v) is 5.99. The van der Waals surface area contributed by atoms with Crippen LogP contribution in [-0.2, 0) is 0 Å². The van der Waals surface area contributed by atoms with Crippen LogP contribution in [0, 0.1) is 15.3 Å². The van der Waals surface area contributed by atoms with Gasteiger partial charge in [-0.2, -0.15) is 0 Å². The predicted octanol–water partition coefficient (Wildman–Crippen LogP) is 0.882. The zero-order chi connectivity index (χ0) is 8.43. The molecule has 0 aliphatic rings. The third kappa shape index (κ3) is 1.38. The minimum atomic E-state index is -0.824. The summed E-state index contributed by atoms with van der Waals surface area (Å²) in [6.45, 7) is 0. The van der Waals surface area contributed by atoms with E-state index in [1.54, 1.807) is 0 Å². The molecule has 0 aliphatic carbocycles. The molecule has 0 unspecified atom stereocenters. The van der Waals surface area contributed by atoms with Gasteiger partial charge in [0.25, 0.3) is 0 Å². The molecular formula is C5H3ClN2O3. The number of nitrogens with zero attached hydrogens (tertiary/aromatic N) is 2. The SMILES string of the molecule is O=[N+]([O-])c1c(Cl)ccc[n+]1[O-]. The van der Waals surface area contributed by atoms with Crippen LogP contribution in [0.1, 0.15) is 0 Å². The summed E-state index contributed by atoms with van der Waals surface area (Å²) in [4.78, 5) is 9.32. The van der Waals surface area contributed by atoms with E-state index in [0.29, 0.717) is 0 Å². The highest BCUT2D eigenvalue weighted by atomic mass is 35.5. The molecule has 0 fully saturated rings. The molecule has 0 spiro atoms. The van der Waals surface area contributed by atoms with Crippen LogP contribution in [0.3, 0.4) is 0 Å². The monoisotopic (exact) mass is 174 g/mol. The first-order chi connectivity index (χ1) is 5.13. The van der Waals surface area contributed by atoms with Crippen molar-refractivity contribution < 1.29 is 9.65 Å². The molecule has 1 aromatic rings. The molecule has 0 saturated carbocycles. The van der Waals surface area contributed by atoms with Gasteiger partial charge in [0.1, 0.15) is 4.92 Å². The van der Waals surface area contributed by atoms with E-state index >= 15 is 0 Å². The van der Waals surface area contributed by atoms with E-state index in [9.17, 15) is 15.3 Å². The highest BCUT2D eigenvalue weighted by Crippen LogP contribution is 2.17. The summed E-state index contributed by atoms with van der Waals surface area (Å²) >= 11 is 5.36. The molecule has 5 nitrogen and oxygen atoms in total. The van der Waals surface area contributed by atoms with Gasteiger partial charge >= 0.3 is 5.82 Å². The normalized spacial score (nSPS) is 9.55. The van der Waals surface area contributed by atoms with Gasteiger partial charge in [0.15, 0.2) is 11.2 Å². The fraction of sp³-hybridized carbons (Fsp3) is 0. The number of pyridine rings is 1. The van der Waals surface area contributed by atoms with Gasteiger partial charge in [-0.15, -0.1) is 4.73 Å². The standard InChI is InChI=1S/C5H3ClN2O3/c6-4-2-1-3-7(9)5(4)8(10)11/h1-3H. The van der Waals surface area contributed by atoms with Crippen LogP contribution in [0.5, 0.6) is 0 Å². The van der Waals surface area contributed by atoms with E-state index in [1.807, 2.05) is 0 Å². The summed E-state index contributed by atoms with van der Waals surface area (Å²) in [6, 6.07) is 2.62. The lowest BCUT2D eigenvalue weighted by atomic mass is 10.5. The van der Waals surface area contributed by atoms with Crippen LogP contribution >= 0.6 is 11.6 Å². The van der Waals surface area contributed by atoms with Gasteiger partial charge in [0.05, 0.1) is 0 Å². The van der Waals surface area contributed by atoms with Gasteiger partial charge in [-0.3, -0.25) is 10.1 Å². The Morgan fingerprint density at radius 2 is 2.27 bits per heavy atom. The van der Waals surface area contributed by atoms with Crippen molar-refractivity contribution in [2.75, 3.05) is 0 Å². The molecular weight excluding hydrogens is 172 g/mol. The molecule has 0 aliphatic heterocycles. The van der Waals surface area contributed by atoms with E-state index in [4.69, 9.17) is 11.6 Å². The first-order valence-corrected chi connectivity index (χ1v) is 3.03. The van der Waals surface area contributed by atoms with E-state index in [1.165, 1.54) is 12.1 Å². The van der Waals surface area contributed by atoms with Crippen molar-refractivity contribution in [1.29, 1.82) is 0 Å². The van der Waals surface area contributed by atoms with Crippen molar-refractivity contribution >= 4 is 17.4 Å². The summed E-state index contributed by atoms with van der Waals surface area (Å²) in [5.41, 5.74) is 0. The quantitative estimate of drug-likeness (QED) is 0.275. The topological polar surface area (TPSA) is 70.1 Å². The van der Waals surface area contributed by atoms with Crippen molar-refractivity contribution in [3.63, 3.8) is 0 Å². The van der Waals surface area contributed by atoms with Crippen molar-refractivity contribution in [3.05, 3.63) is 38.7 Å². The largest absolute Gasteiger partial charge is 0.614 e. The van der Waals surface area contributed by atoms with Crippen molar-refractivity contribution in [2.24, 2.45) is 0 Å². The van der Waals surface area contributed by atoms with Crippen LogP contribution in [0.2, 0.25) is 5.02 Å². The molecule has 58 valence electrons. The molecule has 0 amide bonds. The van der Waals surface area contributed by atoms with Crippen LogP contribution in [0.25, 0.3) is 0 Å². The smallest absolute Gasteiger partial charge is 0.531 e. The molecule has 0 bridgehead atoms. The molecule has 1 heterocycles. The molecule has 0 aromatic carbocycles. The Hall–Kier alpha value is -1.36. The summed E-state index contributed by atoms with van der Waals surface area (Å²) in [7, 11) is 0. The van der Waals surface area contributed by atoms with Gasteiger partial charge in [-0.05, 0) is 6.07 Å². The number of nitro groups is 1. The van der Waals surface area contributed by atoms with Gasteiger partial charge in [0, 0.05) is 6.07 Å². The molecule has 0 N–H and O–H groups in total. The van der Waals surface area contributed by atoms with Gasteiger partial charge < -0.3 is 5.21 Å². The third-order valence-electron chi connectivity index (χ3n) is 1.06. The summed E-state index contributed by atoms with van der Waals surface area (Å²) < 4.78 is 0.113. The van der Waals surface area contributed by atoms with E-state index in [2.05, 4.69) is 0 Å². The van der Waals surface area contributed by atoms with Crippen LogP contribution in [-0.4, -0.2) is 4.92 Å². The Bertz CT molecular complexity index is 282. The number of aromatic nitrogens is 1. The second kappa shape index (κ2) is 2.71. The number of halogens is 1. The second-order valence-electron chi connectivity index (χ2n) is 1.76. The van der Waals surface area contributed by atoms with E-state index < -0.39 is 10.7 Å². The molecule has 0 radical (unpaired) electrons. The Morgan fingerprint density at radius 3 is 2.64 bits per heavy atom. The lowest BCUT2D eigenvalue weighted by Gasteiger charge is -1.95. The maximum absolute atomic E-state index is 10.7. The number of hydrogen-bond acceptors (Lipinski definition) is 3. The number of hydrogen-bond donors (Lipinski definition) is 0. The average Bonchev–Trinajstić information content (AvgIpc) is 1.85.